The molecule has 2 aromatic rings. The molecule has 2 aromatic heterocycles. The lowest BCUT2D eigenvalue weighted by atomic mass is 10.2. The van der Waals surface area contributed by atoms with Gasteiger partial charge in [0, 0.05) is 25.1 Å². The fourth-order valence-electron chi connectivity index (χ4n) is 1.71. The van der Waals surface area contributed by atoms with Gasteiger partial charge in [-0.15, -0.1) is 0 Å². The number of rotatable bonds is 6. The molecule has 0 fully saturated rings. The summed E-state index contributed by atoms with van der Waals surface area (Å²) in [6, 6.07) is 5.74. The van der Waals surface area contributed by atoms with Crippen LogP contribution in [0.25, 0.3) is 5.82 Å². The number of unbranched alkanes of at least 4 members (excludes halogenated alkanes) is 1. The monoisotopic (exact) mass is 272 g/mol. The maximum absolute atomic E-state index is 5.80. The average Bonchev–Trinajstić information content (AvgIpc) is 3.00. The Balaban J connectivity index is 1.96. The van der Waals surface area contributed by atoms with Crippen LogP contribution >= 0.6 is 0 Å². The fourth-order valence-corrected chi connectivity index (χ4v) is 1.71. The van der Waals surface area contributed by atoms with Gasteiger partial charge in [0.25, 0.3) is 0 Å². The highest BCUT2D eigenvalue weighted by Crippen LogP contribution is 2.07. The molecular weight excluding hydrogens is 252 g/mol. The van der Waals surface area contributed by atoms with Crippen LogP contribution in [0.5, 0.6) is 0 Å². The predicted octanol–water partition coefficient (Wildman–Crippen LogP) is 1.47. The molecule has 6 nitrogen and oxygen atoms in total. The summed E-state index contributed by atoms with van der Waals surface area (Å²) in [4.78, 5) is 8.59. The van der Waals surface area contributed by atoms with E-state index in [0.29, 0.717) is 12.5 Å². The van der Waals surface area contributed by atoms with E-state index >= 15 is 0 Å². The van der Waals surface area contributed by atoms with Crippen LogP contribution in [0.4, 0.5) is 0 Å². The average molecular weight is 272 g/mol. The smallest absolute Gasteiger partial charge is 0.188 e. The van der Waals surface area contributed by atoms with Gasteiger partial charge in [0.2, 0.25) is 0 Å². The van der Waals surface area contributed by atoms with E-state index in [2.05, 4.69) is 27.3 Å². The summed E-state index contributed by atoms with van der Waals surface area (Å²) >= 11 is 0. The van der Waals surface area contributed by atoms with Crippen molar-refractivity contribution < 1.29 is 0 Å². The Hall–Kier alpha value is -2.37. The highest BCUT2D eigenvalue weighted by molar-refractivity contribution is 5.77. The molecule has 0 atom stereocenters. The van der Waals surface area contributed by atoms with Gasteiger partial charge in [0.1, 0.15) is 0 Å². The Labute approximate surface area is 118 Å². The molecule has 0 bridgehead atoms. The minimum atomic E-state index is 0.482. The van der Waals surface area contributed by atoms with E-state index in [9.17, 15) is 0 Å². The zero-order valence-electron chi connectivity index (χ0n) is 11.7. The van der Waals surface area contributed by atoms with E-state index in [1.807, 2.05) is 24.4 Å². The molecule has 0 saturated carbocycles. The third-order valence-electron chi connectivity index (χ3n) is 2.82. The van der Waals surface area contributed by atoms with E-state index in [0.717, 1.165) is 30.8 Å². The van der Waals surface area contributed by atoms with Gasteiger partial charge in [-0.25, -0.2) is 14.7 Å². The van der Waals surface area contributed by atoms with Gasteiger partial charge in [-0.2, -0.15) is 5.10 Å². The summed E-state index contributed by atoms with van der Waals surface area (Å²) in [6.45, 7) is 3.53. The molecule has 0 spiro atoms. The number of nitrogens with zero attached hydrogens (tertiary/aromatic N) is 4. The lowest BCUT2D eigenvalue weighted by Crippen LogP contribution is -2.32. The van der Waals surface area contributed by atoms with Crippen molar-refractivity contribution in [1.29, 1.82) is 0 Å². The van der Waals surface area contributed by atoms with Crippen LogP contribution in [-0.4, -0.2) is 27.3 Å². The molecule has 2 heterocycles. The summed E-state index contributed by atoms with van der Waals surface area (Å²) in [5.41, 5.74) is 6.85. The van der Waals surface area contributed by atoms with Crippen LogP contribution < -0.4 is 11.1 Å². The first-order chi connectivity index (χ1) is 9.79. The first kappa shape index (κ1) is 14.0. The van der Waals surface area contributed by atoms with Crippen molar-refractivity contribution in [3.8, 4) is 5.82 Å². The zero-order chi connectivity index (χ0) is 14.2. The summed E-state index contributed by atoms with van der Waals surface area (Å²) in [6.07, 6.45) is 7.56. The largest absolute Gasteiger partial charge is 0.370 e. The summed E-state index contributed by atoms with van der Waals surface area (Å²) in [5.74, 6) is 1.26. The predicted molar refractivity (Wildman–Crippen MR) is 79.6 cm³/mol. The van der Waals surface area contributed by atoms with Crippen molar-refractivity contribution in [3.05, 3.63) is 42.4 Å². The number of aliphatic imine (C=N–C) groups is 1. The highest BCUT2D eigenvalue weighted by Gasteiger charge is 2.00. The third-order valence-corrected chi connectivity index (χ3v) is 2.82. The van der Waals surface area contributed by atoms with E-state index in [1.54, 1.807) is 17.1 Å². The van der Waals surface area contributed by atoms with Crippen molar-refractivity contribution in [2.75, 3.05) is 6.54 Å². The maximum atomic E-state index is 5.80. The fraction of sp³-hybridized carbons (Fsp3) is 0.357. The van der Waals surface area contributed by atoms with Crippen LogP contribution in [-0.2, 0) is 6.54 Å². The number of hydrogen-bond acceptors (Lipinski definition) is 3. The second-order valence-electron chi connectivity index (χ2n) is 4.45. The van der Waals surface area contributed by atoms with Gasteiger partial charge >= 0.3 is 0 Å². The Morgan fingerprint density at radius 1 is 1.45 bits per heavy atom. The Morgan fingerprint density at radius 3 is 3.10 bits per heavy atom. The van der Waals surface area contributed by atoms with Gasteiger partial charge in [-0.05, 0) is 30.2 Å². The first-order valence-corrected chi connectivity index (χ1v) is 6.78. The molecule has 0 amide bonds. The van der Waals surface area contributed by atoms with Crippen LogP contribution in [0, 0.1) is 0 Å². The topological polar surface area (TPSA) is 81.1 Å². The number of hydrogen-bond donors (Lipinski definition) is 2. The minimum Gasteiger partial charge on any atom is -0.370 e. The number of aromatic nitrogens is 3. The Morgan fingerprint density at radius 2 is 2.35 bits per heavy atom. The molecular formula is C14H20N6. The van der Waals surface area contributed by atoms with Crippen molar-refractivity contribution >= 4 is 5.96 Å². The zero-order valence-corrected chi connectivity index (χ0v) is 11.7. The van der Waals surface area contributed by atoms with Crippen LogP contribution in [0.15, 0.2) is 41.8 Å². The number of pyridine rings is 1. The molecule has 2 rings (SSSR count). The van der Waals surface area contributed by atoms with Crippen molar-refractivity contribution in [1.82, 2.24) is 20.1 Å². The molecule has 3 N–H and O–H groups in total. The molecule has 0 radical (unpaired) electrons. The van der Waals surface area contributed by atoms with E-state index in [1.165, 1.54) is 0 Å². The molecule has 106 valence electrons. The van der Waals surface area contributed by atoms with Gasteiger partial charge in [0.05, 0.1) is 6.54 Å². The second-order valence-corrected chi connectivity index (χ2v) is 4.45. The molecule has 20 heavy (non-hydrogen) atoms. The third kappa shape index (κ3) is 4.08. The SMILES string of the molecule is CCCCNC(N)=NCc1ccnc(-n2cccn2)c1. The van der Waals surface area contributed by atoms with Crippen LogP contribution in [0.2, 0.25) is 0 Å². The molecule has 0 aliphatic carbocycles. The molecule has 0 unspecified atom stereocenters. The van der Waals surface area contributed by atoms with Crippen LogP contribution in [0.1, 0.15) is 25.3 Å². The lowest BCUT2D eigenvalue weighted by molar-refractivity contribution is 0.748. The quantitative estimate of drug-likeness (QED) is 0.474. The number of nitrogens with two attached hydrogens (primary N) is 1. The van der Waals surface area contributed by atoms with Crippen LogP contribution in [0.3, 0.4) is 0 Å². The molecule has 0 aliphatic heterocycles. The summed E-state index contributed by atoms with van der Waals surface area (Å²) in [5, 5.41) is 7.24. The molecule has 0 aliphatic rings. The summed E-state index contributed by atoms with van der Waals surface area (Å²) in [7, 11) is 0. The van der Waals surface area contributed by atoms with E-state index < -0.39 is 0 Å². The lowest BCUT2D eigenvalue weighted by Gasteiger charge is -2.05. The van der Waals surface area contributed by atoms with E-state index in [4.69, 9.17) is 5.73 Å². The number of nitrogens with one attached hydrogen (secondary N) is 1. The van der Waals surface area contributed by atoms with Gasteiger partial charge in [-0.1, -0.05) is 13.3 Å². The molecule has 6 heteroatoms. The number of guanidine groups is 1. The molecule has 0 aromatic carbocycles. The second kappa shape index (κ2) is 7.28. The molecule has 0 saturated heterocycles. The van der Waals surface area contributed by atoms with Crippen molar-refractivity contribution in [2.24, 2.45) is 10.7 Å². The maximum Gasteiger partial charge on any atom is 0.188 e. The van der Waals surface area contributed by atoms with Crippen molar-refractivity contribution in [2.45, 2.75) is 26.3 Å². The first-order valence-electron chi connectivity index (χ1n) is 6.78. The van der Waals surface area contributed by atoms with Gasteiger partial charge < -0.3 is 11.1 Å². The Kier molecular flexibility index (Phi) is 5.11. The van der Waals surface area contributed by atoms with Crippen molar-refractivity contribution in [3.63, 3.8) is 0 Å². The van der Waals surface area contributed by atoms with Gasteiger partial charge in [0.15, 0.2) is 11.8 Å². The standard InChI is InChI=1S/C14H20N6/c1-2-3-6-17-14(15)18-11-12-5-8-16-13(10-12)20-9-4-7-19-20/h4-5,7-10H,2-3,6,11H2,1H3,(H3,15,17,18). The summed E-state index contributed by atoms with van der Waals surface area (Å²) < 4.78 is 1.72. The highest BCUT2D eigenvalue weighted by atomic mass is 15.3. The van der Waals surface area contributed by atoms with Gasteiger partial charge in [-0.3, -0.25) is 0 Å². The minimum absolute atomic E-state index is 0.482. The Bertz CT molecular complexity index is 547. The van der Waals surface area contributed by atoms with E-state index in [-0.39, 0.29) is 0 Å². The normalized spacial score (nSPS) is 11.6.